The van der Waals surface area contributed by atoms with E-state index in [1.165, 1.54) is 38.2 Å². The van der Waals surface area contributed by atoms with Gasteiger partial charge in [-0.1, -0.05) is 37.5 Å². The van der Waals surface area contributed by atoms with Crippen LogP contribution in [0, 0.1) is 5.92 Å². The van der Waals surface area contributed by atoms with Crippen LogP contribution in [0.4, 0.5) is 0 Å². The van der Waals surface area contributed by atoms with Crippen molar-refractivity contribution in [3.8, 4) is 0 Å². The van der Waals surface area contributed by atoms with E-state index in [1.54, 1.807) is 4.90 Å². The molecule has 0 aliphatic heterocycles. The number of H-pyrrole nitrogens is 1. The maximum Gasteiger partial charge on any atom is 0.254 e. The Balaban J connectivity index is 1.86. The van der Waals surface area contributed by atoms with Crippen LogP contribution in [0.1, 0.15) is 42.5 Å². The molecule has 116 valence electrons. The summed E-state index contributed by atoms with van der Waals surface area (Å²) in [7, 11) is 1.84. The molecule has 1 amide bonds. The van der Waals surface area contributed by atoms with Crippen molar-refractivity contribution < 1.29 is 4.79 Å². The number of para-hydroxylation sites is 1. The van der Waals surface area contributed by atoms with Crippen molar-refractivity contribution in [2.45, 2.75) is 32.1 Å². The van der Waals surface area contributed by atoms with Gasteiger partial charge in [0.2, 0.25) is 5.56 Å². The first-order chi connectivity index (χ1) is 10.6. The number of rotatable bonds is 3. The lowest BCUT2D eigenvalue weighted by Crippen LogP contribution is -2.33. The molecule has 4 heteroatoms. The number of aromatic amines is 1. The molecule has 0 atom stereocenters. The van der Waals surface area contributed by atoms with Crippen LogP contribution in [0.5, 0.6) is 0 Å². The number of hydrogen-bond donors (Lipinski definition) is 1. The van der Waals surface area contributed by atoms with Gasteiger partial charge in [-0.05, 0) is 24.8 Å². The Labute approximate surface area is 130 Å². The molecule has 2 aromatic rings. The summed E-state index contributed by atoms with van der Waals surface area (Å²) in [5.41, 5.74) is 0.982. The number of nitrogens with zero attached hydrogens (tertiary/aromatic N) is 1. The summed E-state index contributed by atoms with van der Waals surface area (Å²) in [5, 5.41) is 0.808. The lowest BCUT2D eigenvalue weighted by Gasteiger charge is -2.27. The van der Waals surface area contributed by atoms with Crippen LogP contribution in [0.15, 0.2) is 35.1 Å². The summed E-state index contributed by atoms with van der Waals surface area (Å²) in [6.45, 7) is 0.778. The molecule has 3 rings (SSSR count). The molecule has 1 N–H and O–H groups in total. The van der Waals surface area contributed by atoms with E-state index >= 15 is 0 Å². The number of benzene rings is 1. The summed E-state index contributed by atoms with van der Waals surface area (Å²) in [4.78, 5) is 29.1. The van der Waals surface area contributed by atoms with Gasteiger partial charge in [0.15, 0.2) is 0 Å². The Morgan fingerprint density at radius 3 is 2.73 bits per heavy atom. The maximum absolute atomic E-state index is 12.8. The lowest BCUT2D eigenvalue weighted by atomic mass is 9.89. The van der Waals surface area contributed by atoms with Crippen molar-refractivity contribution in [3.63, 3.8) is 0 Å². The van der Waals surface area contributed by atoms with Gasteiger partial charge in [-0.2, -0.15) is 0 Å². The predicted octanol–water partition coefficient (Wildman–Crippen LogP) is 3.18. The molecule has 0 saturated heterocycles. The Hall–Kier alpha value is -2.10. The normalized spacial score (nSPS) is 15.9. The molecule has 1 aliphatic rings. The molecule has 1 aliphatic carbocycles. The zero-order valence-corrected chi connectivity index (χ0v) is 13.0. The molecule has 22 heavy (non-hydrogen) atoms. The molecule has 0 unspecified atom stereocenters. The minimum Gasteiger partial charge on any atom is -0.341 e. The van der Waals surface area contributed by atoms with Crippen molar-refractivity contribution in [2.24, 2.45) is 5.92 Å². The highest BCUT2D eigenvalue weighted by Gasteiger charge is 2.20. The maximum atomic E-state index is 12.8. The number of aromatic nitrogens is 1. The van der Waals surface area contributed by atoms with Gasteiger partial charge in [0.25, 0.3) is 5.91 Å². The molecule has 1 aromatic heterocycles. The smallest absolute Gasteiger partial charge is 0.254 e. The lowest BCUT2D eigenvalue weighted by molar-refractivity contribution is 0.0762. The number of amides is 1. The average Bonchev–Trinajstić information content (AvgIpc) is 2.54. The molecule has 4 nitrogen and oxygen atoms in total. The third-order valence-electron chi connectivity index (χ3n) is 4.58. The number of carbonyl (C=O) groups is 1. The van der Waals surface area contributed by atoms with Crippen LogP contribution in [0.3, 0.4) is 0 Å². The third kappa shape index (κ3) is 3.06. The SMILES string of the molecule is CN(CC1CCCCC1)C(=O)c1cc(=O)[nH]c2ccccc12. The molecule has 1 fully saturated rings. The van der Waals surface area contributed by atoms with Gasteiger partial charge >= 0.3 is 0 Å². The van der Waals surface area contributed by atoms with Gasteiger partial charge in [0.05, 0.1) is 5.56 Å². The summed E-state index contributed by atoms with van der Waals surface area (Å²) in [6, 6.07) is 8.88. The molecular weight excluding hydrogens is 276 g/mol. The van der Waals surface area contributed by atoms with Crippen molar-refractivity contribution in [1.82, 2.24) is 9.88 Å². The quantitative estimate of drug-likeness (QED) is 0.946. The number of pyridine rings is 1. The van der Waals surface area contributed by atoms with E-state index < -0.39 is 0 Å². The van der Waals surface area contributed by atoms with Crippen molar-refractivity contribution in [2.75, 3.05) is 13.6 Å². The topological polar surface area (TPSA) is 53.2 Å². The summed E-state index contributed by atoms with van der Waals surface area (Å²) < 4.78 is 0. The van der Waals surface area contributed by atoms with Crippen LogP contribution in [0.2, 0.25) is 0 Å². The molecule has 0 spiro atoms. The van der Waals surface area contributed by atoms with E-state index in [0.717, 1.165) is 11.9 Å². The predicted molar refractivity (Wildman–Crippen MR) is 88.1 cm³/mol. The largest absolute Gasteiger partial charge is 0.341 e. The fourth-order valence-electron chi connectivity index (χ4n) is 3.43. The van der Waals surface area contributed by atoms with E-state index in [-0.39, 0.29) is 11.5 Å². The van der Waals surface area contributed by atoms with Crippen LogP contribution in [-0.4, -0.2) is 29.4 Å². The van der Waals surface area contributed by atoms with Crippen molar-refractivity contribution in [3.05, 3.63) is 46.2 Å². The Kier molecular flexibility index (Phi) is 4.27. The first-order valence-corrected chi connectivity index (χ1v) is 8.02. The van der Waals surface area contributed by atoms with Gasteiger partial charge in [-0.15, -0.1) is 0 Å². The third-order valence-corrected chi connectivity index (χ3v) is 4.58. The standard InChI is InChI=1S/C18H22N2O2/c1-20(12-13-7-3-2-4-8-13)18(22)15-11-17(21)19-16-10-6-5-9-14(15)16/h5-6,9-11,13H,2-4,7-8,12H2,1H3,(H,19,21). The summed E-state index contributed by atoms with van der Waals surface area (Å²) in [6.07, 6.45) is 6.25. The minimum atomic E-state index is -0.229. The number of hydrogen-bond acceptors (Lipinski definition) is 2. The van der Waals surface area contributed by atoms with Crippen molar-refractivity contribution >= 4 is 16.8 Å². The van der Waals surface area contributed by atoms with Gasteiger partial charge in [-0.25, -0.2) is 0 Å². The highest BCUT2D eigenvalue weighted by atomic mass is 16.2. The minimum absolute atomic E-state index is 0.0622. The second-order valence-electron chi connectivity index (χ2n) is 6.28. The first-order valence-electron chi connectivity index (χ1n) is 8.02. The molecule has 0 bridgehead atoms. The van der Waals surface area contributed by atoms with Gasteiger partial charge < -0.3 is 9.88 Å². The fraction of sp³-hybridized carbons (Fsp3) is 0.444. The van der Waals surface area contributed by atoms with Crippen LogP contribution < -0.4 is 5.56 Å². The molecular formula is C18H22N2O2. The zero-order chi connectivity index (χ0) is 15.5. The van der Waals surface area contributed by atoms with E-state index in [0.29, 0.717) is 17.0 Å². The Morgan fingerprint density at radius 2 is 1.95 bits per heavy atom. The highest BCUT2D eigenvalue weighted by Crippen LogP contribution is 2.25. The average molecular weight is 298 g/mol. The summed E-state index contributed by atoms with van der Waals surface area (Å²) in [5.74, 6) is 0.531. The highest BCUT2D eigenvalue weighted by molar-refractivity contribution is 6.05. The monoisotopic (exact) mass is 298 g/mol. The second-order valence-corrected chi connectivity index (χ2v) is 6.28. The molecule has 0 radical (unpaired) electrons. The van der Waals surface area contributed by atoms with E-state index in [1.807, 2.05) is 31.3 Å². The van der Waals surface area contributed by atoms with Gasteiger partial charge in [0.1, 0.15) is 0 Å². The van der Waals surface area contributed by atoms with Crippen LogP contribution >= 0.6 is 0 Å². The zero-order valence-electron chi connectivity index (χ0n) is 13.0. The van der Waals surface area contributed by atoms with Gasteiger partial charge in [0, 0.05) is 30.6 Å². The van der Waals surface area contributed by atoms with Crippen LogP contribution in [-0.2, 0) is 0 Å². The van der Waals surface area contributed by atoms with Gasteiger partial charge in [-0.3, -0.25) is 9.59 Å². The number of fused-ring (bicyclic) bond motifs is 1. The van der Waals surface area contributed by atoms with Crippen LogP contribution in [0.25, 0.3) is 10.9 Å². The van der Waals surface area contributed by atoms with E-state index in [2.05, 4.69) is 4.98 Å². The Morgan fingerprint density at radius 1 is 1.23 bits per heavy atom. The Bertz CT molecular complexity index is 729. The number of nitrogens with one attached hydrogen (secondary N) is 1. The fourth-order valence-corrected chi connectivity index (χ4v) is 3.43. The molecule has 1 heterocycles. The van der Waals surface area contributed by atoms with E-state index in [4.69, 9.17) is 0 Å². The van der Waals surface area contributed by atoms with Crippen molar-refractivity contribution in [1.29, 1.82) is 0 Å². The first kappa shape index (κ1) is 14.8. The summed E-state index contributed by atoms with van der Waals surface area (Å²) >= 11 is 0. The second kappa shape index (κ2) is 6.34. The number of carbonyl (C=O) groups excluding carboxylic acids is 1. The molecule has 1 aromatic carbocycles. The molecule has 1 saturated carbocycles. The van der Waals surface area contributed by atoms with E-state index in [9.17, 15) is 9.59 Å².